The molecule has 2 rings (SSSR count). The SMILES string of the molecule is CC1CCCN(C(=O)c2ccnc(F)c2F)C1C. The molecule has 2 atom stereocenters. The Balaban J connectivity index is 2.28. The first kappa shape index (κ1) is 12.9. The van der Waals surface area contributed by atoms with E-state index in [2.05, 4.69) is 11.9 Å². The first-order valence-electron chi connectivity index (χ1n) is 6.13. The highest BCUT2D eigenvalue weighted by Gasteiger charge is 2.30. The molecule has 0 aliphatic carbocycles. The maximum atomic E-state index is 13.5. The number of carbonyl (C=O) groups is 1. The molecule has 18 heavy (non-hydrogen) atoms. The molecule has 1 aliphatic heterocycles. The van der Waals surface area contributed by atoms with Crippen molar-refractivity contribution in [1.82, 2.24) is 9.88 Å². The molecule has 0 aromatic carbocycles. The third kappa shape index (κ3) is 2.21. The van der Waals surface area contributed by atoms with E-state index in [1.807, 2.05) is 6.92 Å². The van der Waals surface area contributed by atoms with Crippen LogP contribution in [0, 0.1) is 17.7 Å². The molecule has 2 heterocycles. The van der Waals surface area contributed by atoms with Gasteiger partial charge in [0.1, 0.15) is 0 Å². The van der Waals surface area contributed by atoms with Gasteiger partial charge in [0, 0.05) is 18.8 Å². The topological polar surface area (TPSA) is 33.2 Å². The minimum atomic E-state index is -1.22. The van der Waals surface area contributed by atoms with Gasteiger partial charge in [-0.2, -0.15) is 4.39 Å². The van der Waals surface area contributed by atoms with E-state index in [1.54, 1.807) is 4.90 Å². The number of halogens is 2. The lowest BCUT2D eigenvalue weighted by atomic mass is 9.91. The molecule has 1 amide bonds. The molecule has 98 valence electrons. The molecule has 5 heteroatoms. The maximum absolute atomic E-state index is 13.5. The van der Waals surface area contributed by atoms with Gasteiger partial charge in [0.2, 0.25) is 5.95 Å². The van der Waals surface area contributed by atoms with Crippen LogP contribution in [0.2, 0.25) is 0 Å². The number of aromatic nitrogens is 1. The van der Waals surface area contributed by atoms with Crippen LogP contribution in [0.15, 0.2) is 12.3 Å². The van der Waals surface area contributed by atoms with E-state index in [4.69, 9.17) is 0 Å². The van der Waals surface area contributed by atoms with E-state index in [0.29, 0.717) is 12.5 Å². The summed E-state index contributed by atoms with van der Waals surface area (Å²) in [5.41, 5.74) is -0.233. The van der Waals surface area contributed by atoms with Crippen molar-refractivity contribution in [3.63, 3.8) is 0 Å². The summed E-state index contributed by atoms with van der Waals surface area (Å²) in [7, 11) is 0. The summed E-state index contributed by atoms with van der Waals surface area (Å²) in [6.07, 6.45) is 3.06. The van der Waals surface area contributed by atoms with Crippen LogP contribution in [0.5, 0.6) is 0 Å². The van der Waals surface area contributed by atoms with Gasteiger partial charge in [0.05, 0.1) is 5.56 Å². The minimum absolute atomic E-state index is 0.0434. The Hall–Kier alpha value is -1.52. The van der Waals surface area contributed by atoms with E-state index in [0.717, 1.165) is 19.0 Å². The van der Waals surface area contributed by atoms with Crippen LogP contribution in [-0.4, -0.2) is 28.4 Å². The number of pyridine rings is 1. The largest absolute Gasteiger partial charge is 0.336 e. The van der Waals surface area contributed by atoms with Gasteiger partial charge in [0.15, 0.2) is 5.82 Å². The Bertz CT molecular complexity index is 464. The fourth-order valence-corrected chi connectivity index (χ4v) is 2.36. The molecule has 2 unspecified atom stereocenters. The summed E-state index contributed by atoms with van der Waals surface area (Å²) in [4.78, 5) is 17.0. The molecule has 0 N–H and O–H groups in total. The van der Waals surface area contributed by atoms with E-state index >= 15 is 0 Å². The Kier molecular flexibility index (Phi) is 3.59. The van der Waals surface area contributed by atoms with Crippen LogP contribution >= 0.6 is 0 Å². The molecule has 1 aromatic rings. The predicted molar refractivity (Wildman–Crippen MR) is 63.0 cm³/mol. The number of hydrogen-bond donors (Lipinski definition) is 0. The molecule has 1 saturated heterocycles. The average Bonchev–Trinajstić information content (AvgIpc) is 2.35. The molecule has 0 radical (unpaired) electrons. The molecular weight excluding hydrogens is 238 g/mol. The van der Waals surface area contributed by atoms with Gasteiger partial charge in [0.25, 0.3) is 5.91 Å². The van der Waals surface area contributed by atoms with Gasteiger partial charge < -0.3 is 4.90 Å². The van der Waals surface area contributed by atoms with Crippen molar-refractivity contribution in [2.24, 2.45) is 5.92 Å². The Morgan fingerprint density at radius 1 is 1.44 bits per heavy atom. The van der Waals surface area contributed by atoms with Crippen molar-refractivity contribution >= 4 is 5.91 Å². The zero-order valence-electron chi connectivity index (χ0n) is 10.5. The Labute approximate surface area is 105 Å². The normalized spacial score (nSPS) is 24.1. The number of piperidine rings is 1. The maximum Gasteiger partial charge on any atom is 0.257 e. The van der Waals surface area contributed by atoms with Gasteiger partial charge >= 0.3 is 0 Å². The molecule has 3 nitrogen and oxygen atoms in total. The third-order valence-corrected chi connectivity index (χ3v) is 3.71. The molecular formula is C13H16F2N2O. The van der Waals surface area contributed by atoms with Gasteiger partial charge in [-0.25, -0.2) is 9.37 Å². The van der Waals surface area contributed by atoms with Crippen molar-refractivity contribution in [3.05, 3.63) is 29.6 Å². The first-order chi connectivity index (χ1) is 8.52. The van der Waals surface area contributed by atoms with Crippen LogP contribution in [-0.2, 0) is 0 Å². The lowest BCUT2D eigenvalue weighted by Gasteiger charge is -2.38. The van der Waals surface area contributed by atoms with E-state index in [9.17, 15) is 13.6 Å². The molecule has 0 saturated carbocycles. The van der Waals surface area contributed by atoms with E-state index < -0.39 is 17.7 Å². The lowest BCUT2D eigenvalue weighted by molar-refractivity contribution is 0.0545. The smallest absolute Gasteiger partial charge is 0.257 e. The van der Waals surface area contributed by atoms with Gasteiger partial charge in [-0.15, -0.1) is 0 Å². The summed E-state index contributed by atoms with van der Waals surface area (Å²) in [5, 5.41) is 0. The average molecular weight is 254 g/mol. The second-order valence-corrected chi connectivity index (χ2v) is 4.82. The van der Waals surface area contributed by atoms with Crippen molar-refractivity contribution < 1.29 is 13.6 Å². The van der Waals surface area contributed by atoms with Crippen molar-refractivity contribution in [1.29, 1.82) is 0 Å². The van der Waals surface area contributed by atoms with Crippen molar-refractivity contribution in [3.8, 4) is 0 Å². The highest BCUT2D eigenvalue weighted by Crippen LogP contribution is 2.25. The Morgan fingerprint density at radius 2 is 2.17 bits per heavy atom. The fourth-order valence-electron chi connectivity index (χ4n) is 2.36. The van der Waals surface area contributed by atoms with Gasteiger partial charge in [-0.1, -0.05) is 6.92 Å². The number of hydrogen-bond acceptors (Lipinski definition) is 2. The summed E-state index contributed by atoms with van der Waals surface area (Å²) in [5.74, 6) is -2.46. The second kappa shape index (κ2) is 5.00. The van der Waals surface area contributed by atoms with Crippen LogP contribution in [0.1, 0.15) is 37.0 Å². The van der Waals surface area contributed by atoms with Crippen LogP contribution in [0.4, 0.5) is 8.78 Å². The highest BCUT2D eigenvalue weighted by atomic mass is 19.2. The zero-order chi connectivity index (χ0) is 13.3. The van der Waals surface area contributed by atoms with Crippen LogP contribution in [0.25, 0.3) is 0 Å². The third-order valence-electron chi connectivity index (χ3n) is 3.71. The Morgan fingerprint density at radius 3 is 2.89 bits per heavy atom. The van der Waals surface area contributed by atoms with Crippen molar-refractivity contribution in [2.45, 2.75) is 32.7 Å². The molecule has 1 aliphatic rings. The van der Waals surface area contributed by atoms with Gasteiger partial charge in [-0.3, -0.25) is 4.79 Å². The number of nitrogens with zero attached hydrogens (tertiary/aromatic N) is 2. The van der Waals surface area contributed by atoms with Crippen LogP contribution in [0.3, 0.4) is 0 Å². The second-order valence-electron chi connectivity index (χ2n) is 4.82. The molecule has 0 bridgehead atoms. The summed E-state index contributed by atoms with van der Waals surface area (Å²) < 4.78 is 26.6. The summed E-state index contributed by atoms with van der Waals surface area (Å²) in [6.45, 7) is 4.60. The van der Waals surface area contributed by atoms with E-state index in [1.165, 1.54) is 6.07 Å². The monoisotopic (exact) mass is 254 g/mol. The highest BCUT2D eigenvalue weighted by molar-refractivity contribution is 5.94. The fraction of sp³-hybridized carbons (Fsp3) is 0.538. The summed E-state index contributed by atoms with van der Waals surface area (Å²) in [6, 6.07) is 1.27. The molecule has 1 aromatic heterocycles. The van der Waals surface area contributed by atoms with Crippen molar-refractivity contribution in [2.75, 3.05) is 6.54 Å². The predicted octanol–water partition coefficient (Wildman–Crippen LogP) is 2.62. The standard InChI is InChI=1S/C13H16F2N2O/c1-8-4-3-7-17(9(8)2)13(18)10-5-6-16-12(15)11(10)14/h5-6,8-9H,3-4,7H2,1-2H3. The summed E-state index contributed by atoms with van der Waals surface area (Å²) >= 11 is 0. The van der Waals surface area contributed by atoms with Crippen LogP contribution < -0.4 is 0 Å². The lowest BCUT2D eigenvalue weighted by Crippen LogP contribution is -2.46. The number of likely N-dealkylation sites (tertiary alicyclic amines) is 1. The molecule has 1 fully saturated rings. The quantitative estimate of drug-likeness (QED) is 0.722. The number of carbonyl (C=O) groups excluding carboxylic acids is 1. The minimum Gasteiger partial charge on any atom is -0.336 e. The number of rotatable bonds is 1. The first-order valence-corrected chi connectivity index (χ1v) is 6.13. The zero-order valence-corrected chi connectivity index (χ0v) is 10.5. The van der Waals surface area contributed by atoms with Gasteiger partial charge in [-0.05, 0) is 31.7 Å². The molecule has 0 spiro atoms. The number of amides is 1. The van der Waals surface area contributed by atoms with E-state index in [-0.39, 0.29) is 11.6 Å².